The van der Waals surface area contributed by atoms with Gasteiger partial charge in [0.2, 0.25) is 0 Å². The van der Waals surface area contributed by atoms with Crippen LogP contribution in [0.1, 0.15) is 15.9 Å². The molecule has 0 saturated carbocycles. The number of anilines is 1. The van der Waals surface area contributed by atoms with Crippen molar-refractivity contribution in [3.8, 4) is 11.5 Å². The maximum absolute atomic E-state index is 13.4. The van der Waals surface area contributed by atoms with Gasteiger partial charge in [-0.2, -0.15) is 13.5 Å². The summed E-state index contributed by atoms with van der Waals surface area (Å²) in [5, 5.41) is 24.8. The molecule has 2 N–H and O–H groups in total. The van der Waals surface area contributed by atoms with Crippen LogP contribution in [0.4, 0.5) is 17.1 Å². The number of fused-ring (bicyclic) bond motifs is 1. The van der Waals surface area contributed by atoms with Crippen LogP contribution < -0.4 is 44.7 Å². The molecule has 4 aromatic carbocycles. The number of carbonyl (C=O) groups is 1. The number of nitrogens with one attached hydrogen (secondary N) is 1. The van der Waals surface area contributed by atoms with Crippen LogP contribution in [0.25, 0.3) is 10.8 Å². The number of amides is 1. The number of aryl methyl sites for hydroxylation is 1. The fourth-order valence-electron chi connectivity index (χ4n) is 3.70. The molecule has 0 aliphatic heterocycles. The summed E-state index contributed by atoms with van der Waals surface area (Å²) in [5.41, 5.74) is -0.413. The summed E-state index contributed by atoms with van der Waals surface area (Å²) in [6.45, 7) is 1.45. The molecule has 0 aliphatic carbocycles. The van der Waals surface area contributed by atoms with Crippen LogP contribution in [0, 0.1) is 6.92 Å². The van der Waals surface area contributed by atoms with Gasteiger partial charge in [0.05, 0.1) is 23.5 Å². The van der Waals surface area contributed by atoms with Gasteiger partial charge in [0.1, 0.15) is 21.4 Å². The first kappa shape index (κ1) is 29.9. The summed E-state index contributed by atoms with van der Waals surface area (Å²) in [5.74, 6) is -1.19. The molecular formula is C25H18Cl2N3NaO6S. The van der Waals surface area contributed by atoms with Crippen molar-refractivity contribution in [2.75, 3.05) is 12.4 Å². The van der Waals surface area contributed by atoms with Crippen molar-refractivity contribution in [2.45, 2.75) is 11.8 Å². The van der Waals surface area contributed by atoms with E-state index in [4.69, 9.17) is 27.9 Å². The number of hydrogen-bond acceptors (Lipinski definition) is 7. The molecule has 13 heteroatoms. The minimum absolute atomic E-state index is 0. The first-order valence-corrected chi connectivity index (χ1v) is 12.8. The average Bonchev–Trinajstić information content (AvgIpc) is 2.85. The monoisotopic (exact) mass is 581 g/mol. The van der Waals surface area contributed by atoms with E-state index in [0.29, 0.717) is 16.5 Å². The summed E-state index contributed by atoms with van der Waals surface area (Å²) in [6.07, 6.45) is 0. The molecule has 0 unspecified atom stereocenters. The fraction of sp³-hybridized carbons (Fsp3) is 0.0800. The van der Waals surface area contributed by atoms with Crippen molar-refractivity contribution in [3.63, 3.8) is 0 Å². The number of carbonyl (C=O) groups excluding carboxylic acids is 1. The Kier molecular flexibility index (Phi) is 9.43. The van der Waals surface area contributed by atoms with Gasteiger partial charge in [0.15, 0.2) is 0 Å². The second-order valence-corrected chi connectivity index (χ2v) is 9.96. The first-order valence-electron chi connectivity index (χ1n) is 10.6. The second kappa shape index (κ2) is 12.0. The molecule has 1 amide bonds. The molecule has 0 aromatic heterocycles. The number of hydrogen-bond donors (Lipinski definition) is 2. The zero-order chi connectivity index (χ0) is 26.9. The third kappa shape index (κ3) is 5.97. The van der Waals surface area contributed by atoms with E-state index >= 15 is 0 Å². The Morgan fingerprint density at radius 1 is 1.03 bits per heavy atom. The van der Waals surface area contributed by atoms with Crippen LogP contribution in [-0.2, 0) is 10.1 Å². The number of benzene rings is 4. The largest absolute Gasteiger partial charge is 1.00 e. The number of rotatable bonds is 6. The van der Waals surface area contributed by atoms with Gasteiger partial charge < -0.3 is 15.2 Å². The predicted octanol–water partition coefficient (Wildman–Crippen LogP) is 3.46. The number of azo groups is 1. The molecule has 38 heavy (non-hydrogen) atoms. The smallest absolute Gasteiger partial charge is 0.870 e. The number of nitrogens with zero attached hydrogens (tertiary/aromatic N) is 2. The Hall–Kier alpha value is -2.70. The molecule has 0 saturated heterocycles. The van der Waals surface area contributed by atoms with E-state index in [1.165, 1.54) is 32.2 Å². The Bertz CT molecular complexity index is 1700. The Balaban J connectivity index is 0.00000400. The maximum Gasteiger partial charge on any atom is 1.00 e. The molecule has 190 valence electrons. The average molecular weight is 582 g/mol. The minimum atomic E-state index is -4.71. The molecule has 9 nitrogen and oxygen atoms in total. The van der Waals surface area contributed by atoms with Gasteiger partial charge in [-0.05, 0) is 42.1 Å². The fourth-order valence-corrected chi connectivity index (χ4v) is 5.07. The van der Waals surface area contributed by atoms with Crippen molar-refractivity contribution >= 4 is 67.1 Å². The zero-order valence-electron chi connectivity index (χ0n) is 20.3. The van der Waals surface area contributed by atoms with E-state index in [-0.39, 0.29) is 67.8 Å². The molecular weight excluding hydrogens is 564 g/mol. The van der Waals surface area contributed by atoms with Gasteiger partial charge in [-0.1, -0.05) is 65.3 Å². The van der Waals surface area contributed by atoms with Crippen molar-refractivity contribution in [1.29, 1.82) is 0 Å². The van der Waals surface area contributed by atoms with Crippen molar-refractivity contribution < 1.29 is 57.2 Å². The van der Waals surface area contributed by atoms with E-state index in [0.717, 1.165) is 0 Å². The molecule has 4 rings (SSSR count). The number of ether oxygens (including phenoxy) is 1. The molecule has 0 fully saturated rings. The van der Waals surface area contributed by atoms with Crippen molar-refractivity contribution in [1.82, 2.24) is 0 Å². The first-order chi connectivity index (χ1) is 17.5. The quantitative estimate of drug-likeness (QED) is 0.203. The summed E-state index contributed by atoms with van der Waals surface area (Å²) < 4.78 is 38.8. The molecule has 0 aliphatic rings. The van der Waals surface area contributed by atoms with E-state index in [1.807, 2.05) is 0 Å². The van der Waals surface area contributed by atoms with E-state index in [9.17, 15) is 22.9 Å². The SMILES string of the molecule is COc1cccc(NC(=O)c2cc3ccccc3c(N=Nc3c(Cl)ccc(C)c3S(=O)(=O)O)c2[O-])c1Cl.[Na+]. The third-order valence-electron chi connectivity index (χ3n) is 5.44. The van der Waals surface area contributed by atoms with E-state index in [1.54, 1.807) is 42.5 Å². The predicted molar refractivity (Wildman–Crippen MR) is 140 cm³/mol. The van der Waals surface area contributed by atoms with Crippen molar-refractivity contribution in [2.24, 2.45) is 10.2 Å². The van der Waals surface area contributed by atoms with Crippen LogP contribution >= 0.6 is 23.2 Å². The van der Waals surface area contributed by atoms with Gasteiger partial charge in [-0.15, -0.1) is 5.11 Å². The normalized spacial score (nSPS) is 11.4. The number of halogens is 2. The molecule has 0 heterocycles. The van der Waals surface area contributed by atoms with Gasteiger partial charge in [-0.25, -0.2) is 0 Å². The Labute approximate surface area is 250 Å². The van der Waals surface area contributed by atoms with Gasteiger partial charge in [0, 0.05) is 10.9 Å². The summed E-state index contributed by atoms with van der Waals surface area (Å²) in [7, 11) is -3.29. The summed E-state index contributed by atoms with van der Waals surface area (Å²) in [6, 6.07) is 15.6. The molecule has 4 aromatic rings. The molecule has 0 atom stereocenters. The van der Waals surface area contributed by atoms with Gasteiger partial charge in [-0.3, -0.25) is 9.35 Å². The standard InChI is InChI=1S/C25H19Cl2N3O6S.Na/c1-13-10-11-17(26)22(24(13)37(33,34)35)30-29-21-15-7-4-3-6-14(15)12-16(23(21)31)25(32)28-18-8-5-9-19(36-2)20(18)27;/h3-12,31H,1-2H3,(H,28,32)(H,33,34,35);/q;+1/p-1. The molecule has 0 spiro atoms. The Morgan fingerprint density at radius 3 is 2.39 bits per heavy atom. The van der Waals surface area contributed by atoms with Crippen molar-refractivity contribution in [3.05, 3.63) is 81.8 Å². The van der Waals surface area contributed by atoms with Gasteiger partial charge >= 0.3 is 29.6 Å². The zero-order valence-corrected chi connectivity index (χ0v) is 24.6. The van der Waals surface area contributed by atoms with E-state index in [2.05, 4.69) is 15.5 Å². The summed E-state index contributed by atoms with van der Waals surface area (Å²) >= 11 is 12.4. The minimum Gasteiger partial charge on any atom is -0.870 e. The van der Waals surface area contributed by atoms with Gasteiger partial charge in [0.25, 0.3) is 16.0 Å². The van der Waals surface area contributed by atoms with Crippen LogP contribution in [0.15, 0.2) is 75.8 Å². The second-order valence-electron chi connectivity index (χ2n) is 7.82. The van der Waals surface area contributed by atoms with Crippen LogP contribution in [0.2, 0.25) is 10.0 Å². The van der Waals surface area contributed by atoms with Crippen LogP contribution in [0.5, 0.6) is 11.5 Å². The topological polar surface area (TPSA) is 140 Å². The number of methoxy groups -OCH3 is 1. The van der Waals surface area contributed by atoms with Crippen LogP contribution in [0.3, 0.4) is 0 Å². The summed E-state index contributed by atoms with van der Waals surface area (Å²) in [4.78, 5) is 12.6. The molecule has 0 bridgehead atoms. The van der Waals surface area contributed by atoms with E-state index < -0.39 is 26.7 Å². The third-order valence-corrected chi connectivity index (χ3v) is 7.16. The Morgan fingerprint density at radius 2 is 1.71 bits per heavy atom. The van der Waals surface area contributed by atoms with Crippen LogP contribution in [-0.4, -0.2) is 26.0 Å². The maximum atomic E-state index is 13.4. The molecule has 0 radical (unpaired) electrons.